The van der Waals surface area contributed by atoms with Crippen LogP contribution in [-0.2, 0) is 14.4 Å². The van der Waals surface area contributed by atoms with E-state index in [9.17, 15) is 19.5 Å². The molecule has 0 heterocycles. The summed E-state index contributed by atoms with van der Waals surface area (Å²) in [4.78, 5) is 45.2. The number of nitrogens with one attached hydrogen (secondary N) is 4. The summed E-state index contributed by atoms with van der Waals surface area (Å²) in [5.41, 5.74) is 10.4. The number of amides is 3. The number of halogens is 2. The first-order chi connectivity index (χ1) is 22.8. The lowest BCUT2D eigenvalue weighted by molar-refractivity contribution is -0.136. The van der Waals surface area contributed by atoms with Crippen LogP contribution in [0.5, 0.6) is 0 Å². The molecule has 0 spiro atoms. The Morgan fingerprint density at radius 1 is 0.917 bits per heavy atom. The summed E-state index contributed by atoms with van der Waals surface area (Å²) < 4.78 is 0. The van der Waals surface area contributed by atoms with Gasteiger partial charge < -0.3 is 32.5 Å². The fourth-order valence-electron chi connectivity index (χ4n) is 6.06. The molecule has 13 heteroatoms. The molecule has 3 amide bonds. The van der Waals surface area contributed by atoms with Gasteiger partial charge in [0.05, 0.1) is 17.6 Å². The summed E-state index contributed by atoms with van der Waals surface area (Å²) in [5, 5.41) is 25.0. The average Bonchev–Trinajstić information content (AvgIpc) is 3.54. The lowest BCUT2D eigenvalue weighted by Gasteiger charge is -2.40. The Morgan fingerprint density at radius 2 is 1.44 bits per heavy atom. The number of benzene rings is 2. The van der Waals surface area contributed by atoms with Gasteiger partial charge in [-0.25, -0.2) is 0 Å². The number of aliphatic imine (C=N–C) groups is 1. The van der Waals surface area contributed by atoms with E-state index in [1.54, 1.807) is 38.1 Å². The molecule has 2 atom stereocenters. The predicted octanol–water partition coefficient (Wildman–Crippen LogP) is 4.29. The zero-order valence-corrected chi connectivity index (χ0v) is 29.8. The highest BCUT2D eigenvalue weighted by atomic mass is 35.5. The Labute approximate surface area is 294 Å². The summed E-state index contributed by atoms with van der Waals surface area (Å²) >= 11 is 12.3. The van der Waals surface area contributed by atoms with Crippen LogP contribution in [0.1, 0.15) is 96.2 Å². The van der Waals surface area contributed by atoms with Gasteiger partial charge in [-0.1, -0.05) is 88.0 Å². The van der Waals surface area contributed by atoms with Gasteiger partial charge in [-0.05, 0) is 73.9 Å². The quantitative estimate of drug-likeness (QED) is 0.0555. The van der Waals surface area contributed by atoms with Crippen molar-refractivity contribution in [2.45, 2.75) is 108 Å². The van der Waals surface area contributed by atoms with Crippen molar-refractivity contribution < 1.29 is 19.5 Å². The monoisotopic (exact) mass is 703 g/mol. The SMILES string of the molecule is CCC(CC)(NC(=O)C(C)C)C(O)NC(CCCN=C(N)N)C(=O)NC1(C(=O)NC(c2ccc(Cl)cc2)c2ccc(Cl)cc2)CCCC1. The van der Waals surface area contributed by atoms with E-state index in [1.807, 2.05) is 38.1 Å². The number of carbonyl (C=O) groups excluding carboxylic acids is 3. The fraction of sp³-hybridized carbons (Fsp3) is 0.543. The van der Waals surface area contributed by atoms with E-state index in [2.05, 4.69) is 26.3 Å². The second-order valence-corrected chi connectivity index (χ2v) is 13.7. The van der Waals surface area contributed by atoms with Crippen LogP contribution in [0.25, 0.3) is 0 Å². The standard InChI is InChI=1S/C35H51Cl2N7O4/c1-5-34(6-2,43-29(45)22(3)4)31(47)41-27(10-9-21-40-33(38)39)30(46)44-35(19-7-8-20-35)32(48)42-28(23-11-15-25(36)16-12-23)24-13-17-26(37)18-14-24/h11-18,22,27-28,31,41,47H,5-10,19-21H2,1-4H3,(H,42,48)(H,43,45)(H,44,46)(H4,38,39,40). The summed E-state index contributed by atoms with van der Waals surface area (Å²) in [5.74, 6) is -1.32. The lowest BCUT2D eigenvalue weighted by Crippen LogP contribution is -2.66. The normalized spacial score (nSPS) is 15.5. The highest BCUT2D eigenvalue weighted by Crippen LogP contribution is 2.33. The summed E-state index contributed by atoms with van der Waals surface area (Å²) in [6, 6.07) is 13.0. The minimum Gasteiger partial charge on any atom is -0.376 e. The van der Waals surface area contributed by atoms with Gasteiger partial charge in [-0.15, -0.1) is 0 Å². The number of nitrogens with zero attached hydrogens (tertiary/aromatic N) is 1. The van der Waals surface area contributed by atoms with Crippen LogP contribution in [0, 0.1) is 5.92 Å². The number of nitrogens with two attached hydrogens (primary N) is 2. The van der Waals surface area contributed by atoms with Gasteiger partial charge in [-0.2, -0.15) is 0 Å². The molecule has 1 fully saturated rings. The Morgan fingerprint density at radius 3 is 1.90 bits per heavy atom. The molecule has 9 N–H and O–H groups in total. The Balaban J connectivity index is 1.90. The molecule has 0 bridgehead atoms. The first-order valence-electron chi connectivity index (χ1n) is 16.7. The molecule has 0 aromatic heterocycles. The van der Waals surface area contributed by atoms with Crippen molar-refractivity contribution in [3.05, 3.63) is 69.7 Å². The van der Waals surface area contributed by atoms with Gasteiger partial charge in [0.2, 0.25) is 17.7 Å². The third kappa shape index (κ3) is 10.3. The highest BCUT2D eigenvalue weighted by molar-refractivity contribution is 6.30. The molecule has 11 nitrogen and oxygen atoms in total. The van der Waals surface area contributed by atoms with Crippen LogP contribution < -0.4 is 32.7 Å². The van der Waals surface area contributed by atoms with Crippen LogP contribution in [0.3, 0.4) is 0 Å². The molecule has 264 valence electrons. The number of carbonyl (C=O) groups is 3. The summed E-state index contributed by atoms with van der Waals surface area (Å²) in [6.45, 7) is 7.58. The van der Waals surface area contributed by atoms with E-state index in [1.165, 1.54) is 0 Å². The first kappa shape index (κ1) is 39.1. The van der Waals surface area contributed by atoms with E-state index < -0.39 is 35.3 Å². The molecule has 1 aliphatic carbocycles. The van der Waals surface area contributed by atoms with Crippen LogP contribution in [-0.4, -0.2) is 58.7 Å². The van der Waals surface area contributed by atoms with Gasteiger partial charge in [0.25, 0.3) is 0 Å². The second kappa shape index (κ2) is 17.9. The largest absolute Gasteiger partial charge is 0.376 e. The van der Waals surface area contributed by atoms with Crippen LogP contribution in [0.2, 0.25) is 10.0 Å². The minimum atomic E-state index is -1.26. The maximum absolute atomic E-state index is 14.3. The van der Waals surface area contributed by atoms with Crippen molar-refractivity contribution in [1.82, 2.24) is 21.3 Å². The molecule has 0 saturated heterocycles. The smallest absolute Gasteiger partial charge is 0.246 e. The van der Waals surface area contributed by atoms with E-state index in [0.717, 1.165) is 24.0 Å². The van der Waals surface area contributed by atoms with Crippen molar-refractivity contribution in [3.63, 3.8) is 0 Å². The molecule has 48 heavy (non-hydrogen) atoms. The van der Waals surface area contributed by atoms with Crippen molar-refractivity contribution in [2.24, 2.45) is 22.4 Å². The number of guanidine groups is 1. The molecule has 3 rings (SSSR count). The lowest BCUT2D eigenvalue weighted by atomic mass is 9.88. The van der Waals surface area contributed by atoms with Gasteiger partial charge in [0.15, 0.2) is 5.96 Å². The molecule has 2 aromatic carbocycles. The third-order valence-corrected chi connectivity index (χ3v) is 9.74. The molecular formula is C35H51Cl2N7O4. The zero-order valence-electron chi connectivity index (χ0n) is 28.3. The molecule has 1 saturated carbocycles. The Hall–Kier alpha value is -3.38. The van der Waals surface area contributed by atoms with Crippen molar-refractivity contribution in [3.8, 4) is 0 Å². The van der Waals surface area contributed by atoms with Crippen molar-refractivity contribution in [1.29, 1.82) is 0 Å². The fourth-order valence-corrected chi connectivity index (χ4v) is 6.32. The average molecular weight is 705 g/mol. The van der Waals surface area contributed by atoms with Crippen LogP contribution >= 0.6 is 23.2 Å². The second-order valence-electron chi connectivity index (χ2n) is 12.9. The van der Waals surface area contributed by atoms with Gasteiger partial charge in [-0.3, -0.25) is 24.7 Å². The molecule has 1 aliphatic rings. The number of aliphatic hydroxyl groups excluding tert-OH is 1. The zero-order chi connectivity index (χ0) is 35.5. The summed E-state index contributed by atoms with van der Waals surface area (Å²) in [7, 11) is 0. The number of aliphatic hydroxyl groups is 1. The summed E-state index contributed by atoms with van der Waals surface area (Å²) in [6.07, 6.45) is 2.65. The molecule has 0 aliphatic heterocycles. The minimum absolute atomic E-state index is 0.0612. The number of hydrogen-bond donors (Lipinski definition) is 7. The maximum Gasteiger partial charge on any atom is 0.246 e. The first-order valence-corrected chi connectivity index (χ1v) is 17.5. The van der Waals surface area contributed by atoms with E-state index in [0.29, 0.717) is 42.1 Å². The van der Waals surface area contributed by atoms with E-state index >= 15 is 0 Å². The predicted molar refractivity (Wildman–Crippen MR) is 191 cm³/mol. The molecular weight excluding hydrogens is 653 g/mol. The van der Waals surface area contributed by atoms with Crippen molar-refractivity contribution >= 4 is 46.9 Å². The Bertz CT molecular complexity index is 1340. The topological polar surface area (TPSA) is 184 Å². The third-order valence-electron chi connectivity index (χ3n) is 9.24. The Kier molecular flexibility index (Phi) is 14.5. The van der Waals surface area contributed by atoms with Crippen LogP contribution in [0.15, 0.2) is 53.5 Å². The van der Waals surface area contributed by atoms with E-state index in [-0.39, 0.29) is 36.7 Å². The maximum atomic E-state index is 14.3. The van der Waals surface area contributed by atoms with Crippen LogP contribution in [0.4, 0.5) is 0 Å². The van der Waals surface area contributed by atoms with Gasteiger partial charge in [0.1, 0.15) is 11.8 Å². The highest BCUT2D eigenvalue weighted by Gasteiger charge is 2.45. The van der Waals surface area contributed by atoms with Crippen molar-refractivity contribution in [2.75, 3.05) is 6.54 Å². The van der Waals surface area contributed by atoms with Gasteiger partial charge >= 0.3 is 0 Å². The molecule has 0 radical (unpaired) electrons. The van der Waals surface area contributed by atoms with Gasteiger partial charge in [0, 0.05) is 22.5 Å². The number of rotatable bonds is 17. The van der Waals surface area contributed by atoms with E-state index in [4.69, 9.17) is 34.7 Å². The molecule has 2 aromatic rings. The molecule has 2 unspecified atom stereocenters. The number of hydrogen-bond acceptors (Lipinski definition) is 6.